The fraction of sp³-hybridized carbons (Fsp3) is 0.0769. The molecule has 0 radical (unpaired) electrons. The summed E-state index contributed by atoms with van der Waals surface area (Å²) in [7, 11) is 1.64. The Morgan fingerprint density at radius 2 is 1.59 bits per heavy atom. The molecule has 2 aromatic carbocycles. The van der Waals surface area contributed by atoms with E-state index in [1.165, 1.54) is 0 Å². The van der Waals surface area contributed by atoms with E-state index in [0.29, 0.717) is 0 Å². The van der Waals surface area contributed by atoms with Crippen LogP contribution in [0.2, 0.25) is 0 Å². The molecule has 90 valence electrons. The number of halogens is 1. The van der Waals surface area contributed by atoms with Gasteiger partial charge in [0.25, 0.3) is 0 Å². The first-order valence-corrected chi connectivity index (χ1v) is 5.05. The first kappa shape index (κ1) is 13.4. The molecule has 2 N–H and O–H groups in total. The summed E-state index contributed by atoms with van der Waals surface area (Å²) in [5.41, 5.74) is 1.83. The molecule has 3 nitrogen and oxygen atoms in total. The minimum atomic E-state index is 0. The highest BCUT2D eigenvalue weighted by molar-refractivity contribution is 5.85. The second-order valence-corrected chi connectivity index (χ2v) is 3.41. The van der Waals surface area contributed by atoms with Crippen molar-refractivity contribution in [2.24, 2.45) is 5.84 Å². The van der Waals surface area contributed by atoms with Gasteiger partial charge >= 0.3 is 0 Å². The SMILES string of the molecule is COc1cccc(N(N)c2ccccc2)c1.Cl. The van der Waals surface area contributed by atoms with E-state index < -0.39 is 0 Å². The van der Waals surface area contributed by atoms with Crippen LogP contribution in [0.5, 0.6) is 5.75 Å². The smallest absolute Gasteiger partial charge is 0.120 e. The van der Waals surface area contributed by atoms with Crippen LogP contribution in [0, 0.1) is 0 Å². The van der Waals surface area contributed by atoms with E-state index in [4.69, 9.17) is 10.6 Å². The standard InChI is InChI=1S/C13H14N2O.ClH/c1-16-13-9-5-8-12(10-13)15(14)11-6-3-2-4-7-11;/h2-10H,14H2,1H3;1H. The number of anilines is 2. The second kappa shape index (κ2) is 6.13. The van der Waals surface area contributed by atoms with Gasteiger partial charge in [0.05, 0.1) is 18.5 Å². The van der Waals surface area contributed by atoms with Crippen molar-refractivity contribution in [2.75, 3.05) is 12.1 Å². The summed E-state index contributed by atoms with van der Waals surface area (Å²) in [6.45, 7) is 0. The summed E-state index contributed by atoms with van der Waals surface area (Å²) in [4.78, 5) is 0. The van der Waals surface area contributed by atoms with E-state index >= 15 is 0 Å². The number of rotatable bonds is 3. The van der Waals surface area contributed by atoms with Crippen LogP contribution in [-0.4, -0.2) is 7.11 Å². The van der Waals surface area contributed by atoms with Crippen molar-refractivity contribution in [2.45, 2.75) is 0 Å². The average molecular weight is 251 g/mol. The number of nitrogens with zero attached hydrogens (tertiary/aromatic N) is 1. The Balaban J connectivity index is 0.00000144. The third-order valence-corrected chi connectivity index (χ3v) is 2.37. The molecule has 0 bridgehead atoms. The van der Waals surface area contributed by atoms with Gasteiger partial charge in [0, 0.05) is 6.07 Å². The summed E-state index contributed by atoms with van der Waals surface area (Å²) < 4.78 is 5.16. The van der Waals surface area contributed by atoms with E-state index in [0.717, 1.165) is 17.1 Å². The van der Waals surface area contributed by atoms with Crippen LogP contribution in [0.25, 0.3) is 0 Å². The number of hydrogen-bond donors (Lipinski definition) is 1. The van der Waals surface area contributed by atoms with Crippen LogP contribution in [0.4, 0.5) is 11.4 Å². The predicted molar refractivity (Wildman–Crippen MR) is 73.0 cm³/mol. The molecule has 17 heavy (non-hydrogen) atoms. The Hall–Kier alpha value is -1.71. The van der Waals surface area contributed by atoms with Crippen molar-refractivity contribution in [3.63, 3.8) is 0 Å². The topological polar surface area (TPSA) is 38.5 Å². The van der Waals surface area contributed by atoms with Gasteiger partial charge in [-0.3, -0.25) is 5.01 Å². The molecular weight excluding hydrogens is 236 g/mol. The summed E-state index contributed by atoms with van der Waals surface area (Å²) in [5, 5.41) is 1.63. The Labute approximate surface area is 107 Å². The predicted octanol–water partition coefficient (Wildman–Crippen LogP) is 3.13. The zero-order valence-electron chi connectivity index (χ0n) is 9.54. The molecule has 2 aromatic rings. The van der Waals surface area contributed by atoms with Crippen molar-refractivity contribution in [1.82, 2.24) is 0 Å². The number of methoxy groups -OCH3 is 1. The maximum Gasteiger partial charge on any atom is 0.120 e. The molecular formula is C13H15ClN2O. The third kappa shape index (κ3) is 3.12. The van der Waals surface area contributed by atoms with Gasteiger partial charge in [0.2, 0.25) is 0 Å². The molecule has 0 spiro atoms. The molecule has 0 atom stereocenters. The highest BCUT2D eigenvalue weighted by atomic mass is 35.5. The van der Waals surface area contributed by atoms with Crippen molar-refractivity contribution >= 4 is 23.8 Å². The lowest BCUT2D eigenvalue weighted by atomic mass is 10.2. The molecule has 0 amide bonds. The summed E-state index contributed by atoms with van der Waals surface area (Å²) >= 11 is 0. The maximum absolute atomic E-state index is 6.02. The lowest BCUT2D eigenvalue weighted by Gasteiger charge is -2.19. The van der Waals surface area contributed by atoms with Crippen LogP contribution < -0.4 is 15.6 Å². The number of hydrazine groups is 1. The average Bonchev–Trinajstić information content (AvgIpc) is 2.39. The van der Waals surface area contributed by atoms with Crippen LogP contribution in [0.15, 0.2) is 54.6 Å². The van der Waals surface area contributed by atoms with Crippen molar-refractivity contribution in [1.29, 1.82) is 0 Å². The number of para-hydroxylation sites is 1. The molecule has 2 rings (SSSR count). The van der Waals surface area contributed by atoms with Gasteiger partial charge in [-0.15, -0.1) is 12.4 Å². The largest absolute Gasteiger partial charge is 0.497 e. The third-order valence-electron chi connectivity index (χ3n) is 2.37. The van der Waals surface area contributed by atoms with Crippen LogP contribution in [0.1, 0.15) is 0 Å². The summed E-state index contributed by atoms with van der Waals surface area (Å²) in [5.74, 6) is 6.81. The molecule has 0 saturated heterocycles. The molecule has 4 heteroatoms. The first-order chi connectivity index (χ1) is 7.81. The van der Waals surface area contributed by atoms with E-state index in [9.17, 15) is 0 Å². The first-order valence-electron chi connectivity index (χ1n) is 5.05. The molecule has 0 fully saturated rings. The van der Waals surface area contributed by atoms with Crippen molar-refractivity contribution in [3.8, 4) is 5.75 Å². The van der Waals surface area contributed by atoms with Gasteiger partial charge < -0.3 is 4.74 Å². The Morgan fingerprint density at radius 3 is 2.24 bits per heavy atom. The quantitative estimate of drug-likeness (QED) is 0.672. The van der Waals surface area contributed by atoms with Gasteiger partial charge in [0.15, 0.2) is 0 Å². The van der Waals surface area contributed by atoms with Crippen LogP contribution in [0.3, 0.4) is 0 Å². The molecule has 0 unspecified atom stereocenters. The lowest BCUT2D eigenvalue weighted by molar-refractivity contribution is 0.415. The molecule has 0 aliphatic rings. The van der Waals surface area contributed by atoms with E-state index in [1.54, 1.807) is 12.1 Å². The Kier molecular flexibility index (Phi) is 4.82. The number of nitrogens with two attached hydrogens (primary N) is 1. The van der Waals surface area contributed by atoms with E-state index in [2.05, 4.69) is 0 Å². The number of benzene rings is 2. The highest BCUT2D eigenvalue weighted by Gasteiger charge is 2.04. The van der Waals surface area contributed by atoms with Gasteiger partial charge in [-0.2, -0.15) is 0 Å². The molecule has 0 aliphatic heterocycles. The molecule has 0 aliphatic carbocycles. The Bertz CT molecular complexity index is 462. The Morgan fingerprint density at radius 1 is 0.941 bits per heavy atom. The second-order valence-electron chi connectivity index (χ2n) is 3.41. The fourth-order valence-electron chi connectivity index (χ4n) is 1.50. The zero-order chi connectivity index (χ0) is 11.4. The zero-order valence-corrected chi connectivity index (χ0v) is 10.4. The minimum Gasteiger partial charge on any atom is -0.497 e. The van der Waals surface area contributed by atoms with Crippen LogP contribution in [-0.2, 0) is 0 Å². The van der Waals surface area contributed by atoms with Crippen LogP contribution >= 0.6 is 12.4 Å². The maximum atomic E-state index is 6.02. The van der Waals surface area contributed by atoms with Gasteiger partial charge in [-0.05, 0) is 24.3 Å². The highest BCUT2D eigenvalue weighted by Crippen LogP contribution is 2.24. The van der Waals surface area contributed by atoms with E-state index in [-0.39, 0.29) is 12.4 Å². The van der Waals surface area contributed by atoms with Crippen molar-refractivity contribution < 1.29 is 4.74 Å². The molecule has 0 saturated carbocycles. The monoisotopic (exact) mass is 250 g/mol. The van der Waals surface area contributed by atoms with Gasteiger partial charge in [-0.1, -0.05) is 24.3 Å². The molecule has 0 heterocycles. The lowest BCUT2D eigenvalue weighted by Crippen LogP contribution is -2.24. The summed E-state index contributed by atoms with van der Waals surface area (Å²) in [6.07, 6.45) is 0. The van der Waals surface area contributed by atoms with Gasteiger partial charge in [-0.25, -0.2) is 5.84 Å². The minimum absolute atomic E-state index is 0. The van der Waals surface area contributed by atoms with E-state index in [1.807, 2.05) is 54.6 Å². The molecule has 0 aromatic heterocycles. The number of hydrogen-bond acceptors (Lipinski definition) is 3. The van der Waals surface area contributed by atoms with Gasteiger partial charge in [0.1, 0.15) is 5.75 Å². The normalized spacial score (nSPS) is 9.29. The fourth-order valence-corrected chi connectivity index (χ4v) is 1.50. The summed E-state index contributed by atoms with van der Waals surface area (Å²) in [6, 6.07) is 17.4. The van der Waals surface area contributed by atoms with Crippen molar-refractivity contribution in [3.05, 3.63) is 54.6 Å². The number of ether oxygens (including phenoxy) is 1.